The van der Waals surface area contributed by atoms with E-state index < -0.39 is 19.9 Å². The molecular formula is C29H40N6O4S2. The number of sulfonamides is 1. The summed E-state index contributed by atoms with van der Waals surface area (Å²) in [7, 11) is -6.49. The molecule has 2 saturated heterocycles. The van der Waals surface area contributed by atoms with Gasteiger partial charge in [-0.15, -0.1) is 10.2 Å². The predicted octanol–water partition coefficient (Wildman–Crippen LogP) is 3.59. The second kappa shape index (κ2) is 13.1. The van der Waals surface area contributed by atoms with Crippen molar-refractivity contribution in [2.45, 2.75) is 49.3 Å². The zero-order chi connectivity index (χ0) is 28.9. The number of hydrogen-bond donors (Lipinski definition) is 1. The Morgan fingerprint density at radius 2 is 1.59 bits per heavy atom. The average molecular weight is 601 g/mol. The maximum Gasteiger partial charge on any atom is 0.211 e. The Morgan fingerprint density at radius 1 is 0.902 bits per heavy atom. The van der Waals surface area contributed by atoms with Crippen LogP contribution in [-0.4, -0.2) is 91.4 Å². The molecule has 5 rings (SSSR count). The highest BCUT2D eigenvalue weighted by atomic mass is 32.2. The van der Waals surface area contributed by atoms with Gasteiger partial charge in [0, 0.05) is 18.7 Å². The van der Waals surface area contributed by atoms with Crippen LogP contribution in [-0.2, 0) is 19.9 Å². The van der Waals surface area contributed by atoms with Crippen LogP contribution in [0.15, 0.2) is 59.5 Å². The van der Waals surface area contributed by atoms with Gasteiger partial charge in [-0.25, -0.2) is 21.1 Å². The van der Waals surface area contributed by atoms with Gasteiger partial charge in [0.1, 0.15) is 0 Å². The number of nitrogens with one attached hydrogen (secondary N) is 1. The highest BCUT2D eigenvalue weighted by Gasteiger charge is 2.31. The maximum atomic E-state index is 13.0. The third kappa shape index (κ3) is 7.79. The zero-order valence-electron chi connectivity index (χ0n) is 23.6. The molecule has 0 bridgehead atoms. The van der Waals surface area contributed by atoms with E-state index in [0.717, 1.165) is 57.3 Å². The highest BCUT2D eigenvalue weighted by molar-refractivity contribution is 7.91. The van der Waals surface area contributed by atoms with Crippen LogP contribution in [0.3, 0.4) is 0 Å². The van der Waals surface area contributed by atoms with E-state index in [2.05, 4.69) is 49.8 Å². The molecule has 0 saturated carbocycles. The minimum absolute atomic E-state index is 0.154. The molecule has 0 amide bonds. The van der Waals surface area contributed by atoms with Gasteiger partial charge in [-0.1, -0.05) is 30.3 Å². The fourth-order valence-electron chi connectivity index (χ4n) is 6.34. The molecule has 0 unspecified atom stereocenters. The standard InChI is InChI=1S/C29H40N6O4S2/c1-40(36,37)35-20-13-25(14-21-35)28(24-5-3-2-4-6-24)15-19-34-17-11-23(12-18-34)16-22-41(38,39)27-9-7-26(8-10-27)29-30-32-33-31-29/h2-10,23,25,28H,11-22H2,1H3,(H,30,31,32,33)/t28-/m0/s1. The molecule has 41 heavy (non-hydrogen) atoms. The largest absolute Gasteiger partial charge is 0.303 e. The number of H-pyrrole nitrogens is 1. The van der Waals surface area contributed by atoms with Crippen LogP contribution in [0.5, 0.6) is 0 Å². The first-order valence-corrected chi connectivity index (χ1v) is 18.0. The van der Waals surface area contributed by atoms with Crippen molar-refractivity contribution in [1.82, 2.24) is 29.8 Å². The van der Waals surface area contributed by atoms with Crippen molar-refractivity contribution >= 4 is 19.9 Å². The van der Waals surface area contributed by atoms with Crippen molar-refractivity contribution in [2.75, 3.05) is 44.7 Å². The molecule has 3 heterocycles. The third-order valence-corrected chi connectivity index (χ3v) is 11.9. The Labute approximate surface area is 243 Å². The number of rotatable bonds is 11. The molecule has 2 aliphatic rings. The number of aromatic amines is 1. The summed E-state index contributed by atoms with van der Waals surface area (Å²) < 4.78 is 51.6. The molecule has 0 aliphatic carbocycles. The number of hydrogen-bond acceptors (Lipinski definition) is 8. The molecule has 12 heteroatoms. The zero-order valence-corrected chi connectivity index (χ0v) is 25.2. The SMILES string of the molecule is CS(=O)(=O)N1CCC([C@@H](CCN2CCC(CCS(=O)(=O)c3ccc(-c4nn[nH]n4)cc3)CC2)c2ccccc2)CC1. The van der Waals surface area contributed by atoms with Crippen molar-refractivity contribution < 1.29 is 16.8 Å². The van der Waals surface area contributed by atoms with E-state index >= 15 is 0 Å². The van der Waals surface area contributed by atoms with Gasteiger partial charge in [-0.2, -0.15) is 5.21 Å². The van der Waals surface area contributed by atoms with E-state index in [4.69, 9.17) is 0 Å². The van der Waals surface area contributed by atoms with E-state index in [9.17, 15) is 16.8 Å². The summed E-state index contributed by atoms with van der Waals surface area (Å²) in [5.74, 6) is 1.88. The summed E-state index contributed by atoms with van der Waals surface area (Å²) >= 11 is 0. The number of piperidine rings is 2. The molecule has 2 fully saturated rings. The average Bonchev–Trinajstić information content (AvgIpc) is 3.53. The van der Waals surface area contributed by atoms with Crippen LogP contribution in [0, 0.1) is 11.8 Å². The van der Waals surface area contributed by atoms with E-state index in [0.29, 0.717) is 48.0 Å². The minimum Gasteiger partial charge on any atom is -0.303 e. The lowest BCUT2D eigenvalue weighted by Gasteiger charge is -2.37. The van der Waals surface area contributed by atoms with E-state index in [1.807, 2.05) is 6.07 Å². The normalized spacial score (nSPS) is 19.3. The fraction of sp³-hybridized carbons (Fsp3) is 0.552. The molecule has 0 spiro atoms. The van der Waals surface area contributed by atoms with Crippen LogP contribution in [0.4, 0.5) is 0 Å². The van der Waals surface area contributed by atoms with Crippen molar-refractivity contribution in [1.29, 1.82) is 0 Å². The Morgan fingerprint density at radius 3 is 2.20 bits per heavy atom. The number of likely N-dealkylation sites (tertiary alicyclic amines) is 1. The molecule has 1 atom stereocenters. The van der Waals surface area contributed by atoms with Crippen LogP contribution in [0.2, 0.25) is 0 Å². The summed E-state index contributed by atoms with van der Waals surface area (Å²) in [6.45, 7) is 4.17. The summed E-state index contributed by atoms with van der Waals surface area (Å²) in [5.41, 5.74) is 2.06. The lowest BCUT2D eigenvalue weighted by atomic mass is 9.78. The first-order valence-electron chi connectivity index (χ1n) is 14.5. The van der Waals surface area contributed by atoms with E-state index in [-0.39, 0.29) is 5.75 Å². The minimum atomic E-state index is -3.36. The molecular weight excluding hydrogens is 560 g/mol. The van der Waals surface area contributed by atoms with E-state index in [1.54, 1.807) is 28.6 Å². The Balaban J connectivity index is 1.10. The molecule has 0 radical (unpaired) electrons. The van der Waals surface area contributed by atoms with Crippen LogP contribution in [0.1, 0.15) is 50.0 Å². The molecule has 1 aromatic heterocycles. The summed E-state index contributed by atoms with van der Waals surface area (Å²) in [6.07, 6.45) is 6.83. The summed E-state index contributed by atoms with van der Waals surface area (Å²) in [5, 5.41) is 13.8. The molecule has 3 aromatic rings. The molecule has 2 aromatic carbocycles. The van der Waals surface area contributed by atoms with Gasteiger partial charge in [0.25, 0.3) is 0 Å². The smallest absolute Gasteiger partial charge is 0.211 e. The summed E-state index contributed by atoms with van der Waals surface area (Å²) in [4.78, 5) is 2.85. The number of aromatic nitrogens is 4. The van der Waals surface area contributed by atoms with Crippen LogP contribution >= 0.6 is 0 Å². The van der Waals surface area contributed by atoms with Gasteiger partial charge in [0.05, 0.1) is 16.9 Å². The van der Waals surface area contributed by atoms with Crippen molar-refractivity contribution in [2.24, 2.45) is 11.8 Å². The van der Waals surface area contributed by atoms with Gasteiger partial charge < -0.3 is 4.90 Å². The molecule has 1 N–H and O–H groups in total. The van der Waals surface area contributed by atoms with Gasteiger partial charge in [-0.05, 0) is 111 Å². The van der Waals surface area contributed by atoms with Crippen molar-refractivity contribution in [3.05, 3.63) is 60.2 Å². The monoisotopic (exact) mass is 600 g/mol. The number of nitrogens with zero attached hydrogens (tertiary/aromatic N) is 5. The molecule has 2 aliphatic heterocycles. The first kappa shape index (κ1) is 29.8. The van der Waals surface area contributed by atoms with Crippen molar-refractivity contribution in [3.8, 4) is 11.4 Å². The lowest BCUT2D eigenvalue weighted by Crippen LogP contribution is -2.40. The van der Waals surface area contributed by atoms with Crippen LogP contribution in [0.25, 0.3) is 11.4 Å². The number of benzene rings is 2. The Hall–Kier alpha value is -2.67. The predicted molar refractivity (Wildman–Crippen MR) is 158 cm³/mol. The van der Waals surface area contributed by atoms with Gasteiger partial charge in [0.2, 0.25) is 15.8 Å². The first-order chi connectivity index (χ1) is 19.7. The highest BCUT2D eigenvalue weighted by Crippen LogP contribution is 2.36. The Kier molecular flexibility index (Phi) is 9.52. The van der Waals surface area contributed by atoms with Crippen LogP contribution < -0.4 is 0 Å². The van der Waals surface area contributed by atoms with E-state index in [1.165, 1.54) is 11.8 Å². The van der Waals surface area contributed by atoms with Crippen molar-refractivity contribution in [3.63, 3.8) is 0 Å². The quantitative estimate of drug-likeness (QED) is 0.354. The Bertz CT molecular complexity index is 1450. The van der Waals surface area contributed by atoms with Gasteiger partial charge >= 0.3 is 0 Å². The summed E-state index contributed by atoms with van der Waals surface area (Å²) in [6, 6.07) is 17.3. The fourth-order valence-corrected chi connectivity index (χ4v) is 8.64. The molecule has 222 valence electrons. The van der Waals surface area contributed by atoms with Gasteiger partial charge in [0.15, 0.2) is 9.84 Å². The topological polar surface area (TPSA) is 129 Å². The second-order valence-corrected chi connectivity index (χ2v) is 15.5. The third-order valence-electron chi connectivity index (χ3n) is 8.84. The lowest BCUT2D eigenvalue weighted by molar-refractivity contribution is 0.164. The maximum absolute atomic E-state index is 13.0. The number of sulfone groups is 1. The second-order valence-electron chi connectivity index (χ2n) is 11.5. The number of tetrazole rings is 1. The molecule has 10 nitrogen and oxygen atoms in total. The van der Waals surface area contributed by atoms with Gasteiger partial charge in [-0.3, -0.25) is 0 Å².